The third-order valence-corrected chi connectivity index (χ3v) is 6.19. The van der Waals surface area contributed by atoms with Crippen molar-refractivity contribution < 1.29 is 9.90 Å². The Bertz CT molecular complexity index is 299. The lowest BCUT2D eigenvalue weighted by molar-refractivity contribution is 0.243. The molecular formula is C19H39NO2S. The summed E-state index contributed by atoms with van der Waals surface area (Å²) < 4.78 is -0.171. The highest BCUT2D eigenvalue weighted by molar-refractivity contribution is 8.14. The van der Waals surface area contributed by atoms with Crippen molar-refractivity contribution in [1.29, 1.82) is 0 Å². The topological polar surface area (TPSA) is 49.3 Å². The fourth-order valence-electron chi connectivity index (χ4n) is 2.90. The van der Waals surface area contributed by atoms with E-state index in [0.717, 1.165) is 6.42 Å². The smallest absolute Gasteiger partial charge is 0.279 e. The highest BCUT2D eigenvalue weighted by atomic mass is 32.2. The zero-order chi connectivity index (χ0) is 17.6. The molecule has 0 aliphatic carbocycles. The van der Waals surface area contributed by atoms with Crippen LogP contribution in [0.3, 0.4) is 0 Å². The fourth-order valence-corrected chi connectivity index (χ4v) is 4.05. The van der Waals surface area contributed by atoms with Gasteiger partial charge in [0.1, 0.15) is 0 Å². The van der Waals surface area contributed by atoms with Crippen LogP contribution in [-0.2, 0) is 0 Å². The molecule has 0 aromatic rings. The first-order chi connectivity index (χ1) is 11.0. The number of carbonyl (C=O) groups excluding carboxylic acids is 1. The molecule has 0 saturated carbocycles. The molecule has 0 bridgehead atoms. The van der Waals surface area contributed by atoms with Gasteiger partial charge in [-0.15, -0.1) is 0 Å². The Morgan fingerprint density at radius 1 is 1.09 bits per heavy atom. The van der Waals surface area contributed by atoms with Crippen molar-refractivity contribution in [2.24, 2.45) is 5.92 Å². The molecule has 0 fully saturated rings. The van der Waals surface area contributed by atoms with Gasteiger partial charge in [0.15, 0.2) is 0 Å². The number of thioether (sulfide) groups is 1. The summed E-state index contributed by atoms with van der Waals surface area (Å²) in [5.41, 5.74) is 0. The second-order valence-electron chi connectivity index (χ2n) is 6.87. The first kappa shape index (κ1) is 22.8. The van der Waals surface area contributed by atoms with Crippen LogP contribution < -0.4 is 5.32 Å². The predicted octanol–water partition coefficient (Wildman–Crippen LogP) is 5.76. The number of aliphatic hydroxyl groups excluding tert-OH is 1. The minimum atomic E-state index is -0.171. The summed E-state index contributed by atoms with van der Waals surface area (Å²) in [6, 6.07) is 0. The number of amides is 1. The van der Waals surface area contributed by atoms with Crippen LogP contribution in [0.15, 0.2) is 0 Å². The summed E-state index contributed by atoms with van der Waals surface area (Å²) in [6.07, 6.45) is 12.4. The van der Waals surface area contributed by atoms with E-state index in [-0.39, 0.29) is 16.6 Å². The molecule has 138 valence electrons. The van der Waals surface area contributed by atoms with Gasteiger partial charge in [-0.05, 0) is 32.6 Å². The van der Waals surface area contributed by atoms with Gasteiger partial charge in [-0.1, -0.05) is 77.0 Å². The third kappa shape index (κ3) is 11.0. The van der Waals surface area contributed by atoms with E-state index in [2.05, 4.69) is 26.1 Å². The Hall–Kier alpha value is -0.220. The van der Waals surface area contributed by atoms with Crippen LogP contribution >= 0.6 is 11.8 Å². The molecule has 0 aromatic heterocycles. The molecule has 3 nitrogen and oxygen atoms in total. The van der Waals surface area contributed by atoms with E-state index in [1.807, 2.05) is 6.92 Å². The van der Waals surface area contributed by atoms with Crippen molar-refractivity contribution in [2.75, 3.05) is 13.2 Å². The van der Waals surface area contributed by atoms with E-state index < -0.39 is 0 Å². The number of carbonyl (C=O) groups is 1. The molecule has 0 rings (SSSR count). The summed E-state index contributed by atoms with van der Waals surface area (Å²) >= 11 is 1.37. The van der Waals surface area contributed by atoms with E-state index in [1.165, 1.54) is 63.1 Å². The SMILES string of the molecule is CCCCCCCCCCC(C)C(C)(CCO)SC(=O)NCC. The molecule has 2 unspecified atom stereocenters. The van der Waals surface area contributed by atoms with Crippen molar-refractivity contribution in [2.45, 2.75) is 96.7 Å². The molecular weight excluding hydrogens is 306 g/mol. The van der Waals surface area contributed by atoms with Gasteiger partial charge in [0, 0.05) is 17.9 Å². The molecule has 2 N–H and O–H groups in total. The Morgan fingerprint density at radius 2 is 1.65 bits per heavy atom. The van der Waals surface area contributed by atoms with Gasteiger partial charge in [0.05, 0.1) is 0 Å². The van der Waals surface area contributed by atoms with Gasteiger partial charge < -0.3 is 10.4 Å². The summed E-state index contributed by atoms with van der Waals surface area (Å²) in [6.45, 7) is 9.34. The van der Waals surface area contributed by atoms with E-state index >= 15 is 0 Å². The maximum Gasteiger partial charge on any atom is 0.279 e. The maximum atomic E-state index is 11.9. The number of nitrogens with one attached hydrogen (secondary N) is 1. The molecule has 4 heteroatoms. The van der Waals surface area contributed by atoms with Crippen LogP contribution in [0.2, 0.25) is 0 Å². The summed E-state index contributed by atoms with van der Waals surface area (Å²) in [5, 5.41) is 12.3. The van der Waals surface area contributed by atoms with Crippen LogP contribution in [0.1, 0.15) is 91.9 Å². The number of hydrogen-bond donors (Lipinski definition) is 2. The molecule has 0 aliphatic heterocycles. The average Bonchev–Trinajstić information content (AvgIpc) is 2.50. The first-order valence-corrected chi connectivity index (χ1v) is 10.4. The highest BCUT2D eigenvalue weighted by Gasteiger charge is 2.33. The first-order valence-electron chi connectivity index (χ1n) is 9.57. The van der Waals surface area contributed by atoms with Crippen LogP contribution in [0.5, 0.6) is 0 Å². The van der Waals surface area contributed by atoms with Gasteiger partial charge >= 0.3 is 0 Å². The van der Waals surface area contributed by atoms with Crippen LogP contribution in [0.4, 0.5) is 4.79 Å². The van der Waals surface area contributed by atoms with Crippen LogP contribution in [-0.4, -0.2) is 28.2 Å². The summed E-state index contributed by atoms with van der Waals surface area (Å²) in [5.74, 6) is 0.433. The monoisotopic (exact) mass is 345 g/mol. The number of hydrogen-bond acceptors (Lipinski definition) is 3. The van der Waals surface area contributed by atoms with Crippen molar-refractivity contribution in [1.82, 2.24) is 5.32 Å². The minimum Gasteiger partial charge on any atom is -0.396 e. The summed E-state index contributed by atoms with van der Waals surface area (Å²) in [7, 11) is 0. The Balaban J connectivity index is 4.04. The van der Waals surface area contributed by atoms with E-state index in [9.17, 15) is 9.90 Å². The molecule has 0 spiro atoms. The van der Waals surface area contributed by atoms with E-state index in [4.69, 9.17) is 0 Å². The third-order valence-electron chi connectivity index (χ3n) is 4.79. The molecule has 0 heterocycles. The second kappa shape index (κ2) is 14.2. The number of unbranched alkanes of at least 4 members (excludes halogenated alkanes) is 7. The largest absolute Gasteiger partial charge is 0.396 e. The van der Waals surface area contributed by atoms with Gasteiger partial charge in [-0.2, -0.15) is 0 Å². The average molecular weight is 346 g/mol. The van der Waals surface area contributed by atoms with E-state index in [0.29, 0.717) is 18.9 Å². The highest BCUT2D eigenvalue weighted by Crippen LogP contribution is 2.39. The second-order valence-corrected chi connectivity index (χ2v) is 8.38. The summed E-state index contributed by atoms with van der Waals surface area (Å²) in [4.78, 5) is 11.9. The van der Waals surface area contributed by atoms with Crippen LogP contribution in [0.25, 0.3) is 0 Å². The Kier molecular flexibility index (Phi) is 14.0. The lowest BCUT2D eigenvalue weighted by Crippen LogP contribution is -2.34. The Morgan fingerprint density at radius 3 is 2.17 bits per heavy atom. The van der Waals surface area contributed by atoms with Gasteiger partial charge in [0.2, 0.25) is 0 Å². The number of aliphatic hydroxyl groups is 1. The lowest BCUT2D eigenvalue weighted by atomic mass is 9.87. The lowest BCUT2D eigenvalue weighted by Gasteiger charge is -2.34. The number of rotatable bonds is 14. The normalized spacial score (nSPS) is 15.2. The zero-order valence-corrected chi connectivity index (χ0v) is 16.6. The predicted molar refractivity (Wildman–Crippen MR) is 103 cm³/mol. The van der Waals surface area contributed by atoms with Crippen molar-refractivity contribution in [3.63, 3.8) is 0 Å². The molecule has 23 heavy (non-hydrogen) atoms. The molecule has 2 atom stereocenters. The van der Waals surface area contributed by atoms with Gasteiger partial charge in [-0.25, -0.2) is 0 Å². The molecule has 1 amide bonds. The van der Waals surface area contributed by atoms with Gasteiger partial charge in [0.25, 0.3) is 5.24 Å². The standard InChI is InChI=1S/C19H39NO2S/c1-5-7-8-9-10-11-12-13-14-17(3)19(4,15-16-21)23-18(22)20-6-2/h17,21H,5-16H2,1-4H3,(H,20,22). The molecule has 0 aromatic carbocycles. The van der Waals surface area contributed by atoms with Gasteiger partial charge in [-0.3, -0.25) is 4.79 Å². The minimum absolute atomic E-state index is 0.0335. The van der Waals surface area contributed by atoms with Crippen molar-refractivity contribution in [3.8, 4) is 0 Å². The van der Waals surface area contributed by atoms with E-state index in [1.54, 1.807) is 0 Å². The molecule has 0 radical (unpaired) electrons. The zero-order valence-electron chi connectivity index (χ0n) is 15.8. The van der Waals surface area contributed by atoms with Crippen molar-refractivity contribution >= 4 is 17.0 Å². The fraction of sp³-hybridized carbons (Fsp3) is 0.947. The maximum absolute atomic E-state index is 11.9. The van der Waals surface area contributed by atoms with Crippen molar-refractivity contribution in [3.05, 3.63) is 0 Å². The molecule has 0 saturated heterocycles. The molecule has 0 aliphatic rings. The Labute approximate surface area is 148 Å². The van der Waals surface area contributed by atoms with Crippen LogP contribution in [0, 0.1) is 5.92 Å². The quantitative estimate of drug-likeness (QED) is 0.394.